The fourth-order valence-corrected chi connectivity index (χ4v) is 5.80. The van der Waals surface area contributed by atoms with Crippen LogP contribution >= 0.6 is 0 Å². The van der Waals surface area contributed by atoms with E-state index in [0.717, 1.165) is 18.9 Å². The van der Waals surface area contributed by atoms with E-state index in [1.165, 1.54) is 6.08 Å². The average Bonchev–Trinajstić information content (AvgIpc) is 2.74. The molecule has 0 N–H and O–H groups in total. The van der Waals surface area contributed by atoms with Crippen LogP contribution in [-0.4, -0.2) is 47.2 Å². The number of rotatable bonds is 17. The molecule has 1 aromatic rings. The maximum Gasteiger partial charge on any atom is 0.500 e. The van der Waals surface area contributed by atoms with Crippen molar-refractivity contribution >= 4 is 26.8 Å². The van der Waals surface area contributed by atoms with Crippen LogP contribution in [0.4, 0.5) is 0 Å². The average molecular weight is 468 g/mol. The predicted molar refractivity (Wildman–Crippen MR) is 121 cm³/mol. The van der Waals surface area contributed by atoms with Crippen LogP contribution in [0.5, 0.6) is 11.5 Å². The molecule has 0 heterocycles. The Labute approximate surface area is 191 Å². The van der Waals surface area contributed by atoms with Crippen LogP contribution in [0.2, 0.25) is 6.04 Å². The number of carboxylic acids is 1. The fourth-order valence-electron chi connectivity index (χ4n) is 3.11. The van der Waals surface area contributed by atoms with Crippen molar-refractivity contribution in [1.29, 1.82) is 0 Å². The van der Waals surface area contributed by atoms with Gasteiger partial charge >= 0.3 is 14.8 Å². The second kappa shape index (κ2) is 15.6. The molecular formula is C23H35O8Si-. The standard InChI is InChI=1S/C23H36O8Si/c1-5-27-20-15-13-19(14-16-22(24)25)18-21(20)31-23(26)12-10-9-11-17-32(28-6-2,29-7-3)30-8-4/h13-16,18H,5-12,17H2,1-4H3,(H,24,25)/p-1/b16-14+. The quantitative estimate of drug-likeness (QED) is 0.113. The monoisotopic (exact) mass is 467 g/mol. The number of carbonyl (C=O) groups excluding carboxylic acids is 2. The normalized spacial score (nSPS) is 11.6. The number of unbranched alkanes of at least 4 members (excludes halogenated alkanes) is 2. The summed E-state index contributed by atoms with van der Waals surface area (Å²) < 4.78 is 28.5. The molecule has 0 aliphatic rings. The van der Waals surface area contributed by atoms with Crippen molar-refractivity contribution in [2.24, 2.45) is 0 Å². The van der Waals surface area contributed by atoms with Gasteiger partial charge in [0.15, 0.2) is 11.5 Å². The SMILES string of the molecule is CCOc1ccc(/C=C/C(=O)[O-])cc1OC(=O)CCCCC[Si](OCC)(OCC)OCC. The van der Waals surface area contributed by atoms with E-state index in [9.17, 15) is 14.7 Å². The van der Waals surface area contributed by atoms with Gasteiger partial charge in [0.2, 0.25) is 0 Å². The molecule has 0 saturated carbocycles. The fraction of sp³-hybridized carbons (Fsp3) is 0.565. The third kappa shape index (κ3) is 10.4. The molecule has 0 atom stereocenters. The van der Waals surface area contributed by atoms with Gasteiger partial charge in [0.25, 0.3) is 0 Å². The largest absolute Gasteiger partial charge is 0.545 e. The first-order chi connectivity index (χ1) is 15.4. The van der Waals surface area contributed by atoms with E-state index in [-0.39, 0.29) is 18.1 Å². The zero-order valence-corrected chi connectivity index (χ0v) is 20.5. The highest BCUT2D eigenvalue weighted by Gasteiger charge is 2.39. The Morgan fingerprint density at radius 3 is 2.12 bits per heavy atom. The van der Waals surface area contributed by atoms with E-state index in [0.29, 0.717) is 50.2 Å². The van der Waals surface area contributed by atoms with Gasteiger partial charge in [-0.3, -0.25) is 4.79 Å². The van der Waals surface area contributed by atoms with Gasteiger partial charge in [-0.25, -0.2) is 0 Å². The minimum atomic E-state index is -2.66. The van der Waals surface area contributed by atoms with Gasteiger partial charge in [0.1, 0.15) is 0 Å². The van der Waals surface area contributed by atoms with Crippen LogP contribution in [0.25, 0.3) is 6.08 Å². The summed E-state index contributed by atoms with van der Waals surface area (Å²) in [7, 11) is -2.66. The Morgan fingerprint density at radius 1 is 0.906 bits per heavy atom. The van der Waals surface area contributed by atoms with Crippen molar-refractivity contribution in [3.63, 3.8) is 0 Å². The van der Waals surface area contributed by atoms with E-state index >= 15 is 0 Å². The molecule has 9 heteroatoms. The number of carbonyl (C=O) groups is 2. The summed E-state index contributed by atoms with van der Waals surface area (Å²) in [6.45, 7) is 9.63. The second-order valence-corrected chi connectivity index (χ2v) is 9.54. The molecule has 0 bridgehead atoms. The van der Waals surface area contributed by atoms with Crippen molar-refractivity contribution in [3.8, 4) is 11.5 Å². The minimum absolute atomic E-state index is 0.247. The lowest BCUT2D eigenvalue weighted by molar-refractivity contribution is -0.297. The van der Waals surface area contributed by atoms with Gasteiger partial charge in [-0.1, -0.05) is 18.6 Å². The van der Waals surface area contributed by atoms with Crippen molar-refractivity contribution in [3.05, 3.63) is 29.8 Å². The molecule has 1 rings (SSSR count). The molecule has 0 amide bonds. The summed E-state index contributed by atoms with van der Waals surface area (Å²) in [6.07, 6.45) is 4.82. The lowest BCUT2D eigenvalue weighted by Crippen LogP contribution is -2.45. The summed E-state index contributed by atoms with van der Waals surface area (Å²) in [5.74, 6) is -1.00. The van der Waals surface area contributed by atoms with Gasteiger partial charge in [-0.2, -0.15) is 0 Å². The number of carboxylic acid groups (broad SMARTS) is 1. The Bertz CT molecular complexity index is 718. The zero-order chi connectivity index (χ0) is 23.8. The number of esters is 1. The van der Waals surface area contributed by atoms with Crippen molar-refractivity contribution in [2.75, 3.05) is 26.4 Å². The Balaban J connectivity index is 2.61. The molecule has 0 radical (unpaired) electrons. The smallest absolute Gasteiger partial charge is 0.500 e. The van der Waals surface area contributed by atoms with Gasteiger partial charge in [0, 0.05) is 32.3 Å². The Kier molecular flexibility index (Phi) is 13.5. The Hall–Kier alpha value is -2.20. The second-order valence-electron chi connectivity index (χ2n) is 6.81. The molecule has 0 unspecified atom stereocenters. The lowest BCUT2D eigenvalue weighted by atomic mass is 10.2. The lowest BCUT2D eigenvalue weighted by Gasteiger charge is -2.28. The summed E-state index contributed by atoms with van der Waals surface area (Å²) >= 11 is 0. The maximum atomic E-state index is 12.3. The number of benzene rings is 1. The first-order valence-corrected chi connectivity index (χ1v) is 13.1. The third-order valence-corrected chi connectivity index (χ3v) is 7.51. The zero-order valence-electron chi connectivity index (χ0n) is 19.5. The minimum Gasteiger partial charge on any atom is -0.545 e. The van der Waals surface area contributed by atoms with Crippen LogP contribution in [0.3, 0.4) is 0 Å². The molecular weight excluding hydrogens is 432 g/mol. The molecule has 0 spiro atoms. The van der Waals surface area contributed by atoms with Crippen LogP contribution in [0.1, 0.15) is 58.9 Å². The molecule has 180 valence electrons. The van der Waals surface area contributed by atoms with E-state index in [4.69, 9.17) is 22.8 Å². The Morgan fingerprint density at radius 2 is 1.56 bits per heavy atom. The highest BCUT2D eigenvalue weighted by molar-refractivity contribution is 6.60. The molecule has 8 nitrogen and oxygen atoms in total. The van der Waals surface area contributed by atoms with Crippen molar-refractivity contribution in [2.45, 2.75) is 59.4 Å². The van der Waals surface area contributed by atoms with Crippen molar-refractivity contribution in [1.82, 2.24) is 0 Å². The predicted octanol–water partition coefficient (Wildman–Crippen LogP) is 3.36. The van der Waals surface area contributed by atoms with Crippen LogP contribution in [0.15, 0.2) is 24.3 Å². The van der Waals surface area contributed by atoms with Gasteiger partial charge < -0.3 is 32.7 Å². The molecule has 0 aliphatic heterocycles. The van der Waals surface area contributed by atoms with E-state index in [1.807, 2.05) is 27.7 Å². The number of ether oxygens (including phenoxy) is 2. The number of hydrogen-bond donors (Lipinski definition) is 0. The van der Waals surface area contributed by atoms with Crippen molar-refractivity contribution < 1.29 is 37.4 Å². The number of aliphatic carboxylic acids is 1. The van der Waals surface area contributed by atoms with Crippen LogP contribution in [-0.2, 0) is 22.9 Å². The summed E-state index contributed by atoms with van der Waals surface area (Å²) in [5.41, 5.74) is 0.560. The highest BCUT2D eigenvalue weighted by Crippen LogP contribution is 2.29. The molecule has 0 fully saturated rings. The summed E-state index contributed by atoms with van der Waals surface area (Å²) in [5, 5.41) is 10.6. The molecule has 0 aliphatic carbocycles. The van der Waals surface area contributed by atoms with E-state index in [1.54, 1.807) is 18.2 Å². The van der Waals surface area contributed by atoms with Gasteiger partial charge in [-0.05, 0) is 64.3 Å². The first kappa shape index (κ1) is 27.8. The molecule has 1 aromatic carbocycles. The van der Waals surface area contributed by atoms with Crippen LogP contribution in [0, 0.1) is 0 Å². The first-order valence-electron chi connectivity index (χ1n) is 11.2. The maximum absolute atomic E-state index is 12.3. The van der Waals surface area contributed by atoms with E-state index in [2.05, 4.69) is 0 Å². The number of hydrogen-bond acceptors (Lipinski definition) is 8. The highest BCUT2D eigenvalue weighted by atomic mass is 28.4. The molecule has 0 aromatic heterocycles. The molecule has 32 heavy (non-hydrogen) atoms. The summed E-state index contributed by atoms with van der Waals surface area (Å²) in [6, 6.07) is 5.58. The third-order valence-electron chi connectivity index (χ3n) is 4.36. The topological polar surface area (TPSA) is 103 Å². The van der Waals surface area contributed by atoms with E-state index < -0.39 is 14.8 Å². The van der Waals surface area contributed by atoms with Gasteiger partial charge in [0.05, 0.1) is 12.6 Å². The summed E-state index contributed by atoms with van der Waals surface area (Å²) in [4.78, 5) is 23.0. The molecule has 0 saturated heterocycles. The van der Waals surface area contributed by atoms with Crippen LogP contribution < -0.4 is 14.6 Å². The van der Waals surface area contributed by atoms with Gasteiger partial charge in [-0.15, -0.1) is 0 Å².